The van der Waals surface area contributed by atoms with Gasteiger partial charge >= 0.3 is 0 Å². The van der Waals surface area contributed by atoms with Crippen molar-refractivity contribution in [3.05, 3.63) is 78.0 Å². The molecule has 0 saturated heterocycles. The van der Waals surface area contributed by atoms with E-state index in [2.05, 4.69) is 10.2 Å². The van der Waals surface area contributed by atoms with Crippen LogP contribution in [0.25, 0.3) is 17.0 Å². The number of nitrogens with zero attached hydrogens (tertiary/aromatic N) is 3. The number of benzene rings is 2. The third-order valence-electron chi connectivity index (χ3n) is 3.67. The number of rotatable bonds is 3. The van der Waals surface area contributed by atoms with Gasteiger partial charge in [-0.25, -0.2) is 17.6 Å². The molecule has 0 bridgehead atoms. The van der Waals surface area contributed by atoms with Crippen molar-refractivity contribution in [2.24, 2.45) is 0 Å². The Morgan fingerprint density at radius 3 is 2.19 bits per heavy atom. The molecule has 0 N–H and O–H groups in total. The zero-order chi connectivity index (χ0) is 18.3. The Bertz CT molecular complexity index is 1130. The minimum absolute atomic E-state index is 0. The summed E-state index contributed by atoms with van der Waals surface area (Å²) in [5, 5.41) is 7.91. The second-order valence-electron chi connectivity index (χ2n) is 5.42. The van der Waals surface area contributed by atoms with Crippen LogP contribution in [-0.4, -0.2) is 14.6 Å². The molecule has 4 rings (SSSR count). The smallest absolute Gasteiger partial charge is 0.171 e. The van der Waals surface area contributed by atoms with Gasteiger partial charge in [0.1, 0.15) is 23.3 Å². The van der Waals surface area contributed by atoms with Crippen LogP contribution in [0, 0.1) is 23.3 Å². The predicted molar refractivity (Wildman–Crippen MR) is 96.1 cm³/mol. The highest BCUT2D eigenvalue weighted by atomic mass is 35.5. The summed E-state index contributed by atoms with van der Waals surface area (Å²) in [4.78, 5) is 0.861. The lowest BCUT2D eigenvalue weighted by Gasteiger charge is -2.06. The Hall–Kier alpha value is -2.58. The molecule has 9 heteroatoms. The molecule has 0 amide bonds. The summed E-state index contributed by atoms with van der Waals surface area (Å²) in [6.07, 6.45) is 1.61. The standard InChI is InChI=1S/C18H9F4N3S.ClH/c19-10-1-4-13(14(21)7-10)18-24-23-17-6-3-12(9-25(17)18)26-16-5-2-11(20)8-15(16)22;/h1-9H;1H. The fourth-order valence-corrected chi connectivity index (χ4v) is 3.31. The maximum atomic E-state index is 14.1. The summed E-state index contributed by atoms with van der Waals surface area (Å²) in [5.74, 6) is -2.59. The van der Waals surface area contributed by atoms with Crippen LogP contribution in [0.5, 0.6) is 0 Å². The molecule has 0 unspecified atom stereocenters. The highest BCUT2D eigenvalue weighted by Crippen LogP contribution is 2.31. The number of hydrogen-bond acceptors (Lipinski definition) is 3. The van der Waals surface area contributed by atoms with Gasteiger partial charge in [0.25, 0.3) is 0 Å². The number of fused-ring (bicyclic) bond motifs is 1. The lowest BCUT2D eigenvalue weighted by atomic mass is 10.2. The third-order valence-corrected chi connectivity index (χ3v) is 4.70. The summed E-state index contributed by atoms with van der Waals surface area (Å²) in [6, 6.07) is 9.83. The second kappa shape index (κ2) is 7.58. The van der Waals surface area contributed by atoms with Gasteiger partial charge in [0.2, 0.25) is 0 Å². The Morgan fingerprint density at radius 1 is 0.778 bits per heavy atom. The van der Waals surface area contributed by atoms with Crippen LogP contribution >= 0.6 is 24.2 Å². The first-order valence-corrected chi connectivity index (χ1v) is 8.26. The molecule has 2 aromatic heterocycles. The summed E-state index contributed by atoms with van der Waals surface area (Å²) >= 11 is 1.08. The van der Waals surface area contributed by atoms with E-state index < -0.39 is 23.3 Å². The average molecular weight is 412 g/mol. The van der Waals surface area contributed by atoms with Crippen molar-refractivity contribution >= 4 is 29.8 Å². The number of halogens is 5. The van der Waals surface area contributed by atoms with Gasteiger partial charge in [0, 0.05) is 28.1 Å². The van der Waals surface area contributed by atoms with Gasteiger partial charge in [-0.3, -0.25) is 4.40 Å². The van der Waals surface area contributed by atoms with E-state index in [-0.39, 0.29) is 28.7 Å². The molecule has 0 spiro atoms. The molecule has 27 heavy (non-hydrogen) atoms. The van der Waals surface area contributed by atoms with E-state index in [1.165, 1.54) is 22.6 Å². The topological polar surface area (TPSA) is 30.2 Å². The van der Waals surface area contributed by atoms with Crippen molar-refractivity contribution in [1.82, 2.24) is 14.6 Å². The Labute approximate surface area is 161 Å². The first kappa shape index (κ1) is 19.2. The second-order valence-corrected chi connectivity index (χ2v) is 6.53. The van der Waals surface area contributed by atoms with Crippen LogP contribution in [0.3, 0.4) is 0 Å². The van der Waals surface area contributed by atoms with Crippen molar-refractivity contribution in [2.75, 3.05) is 0 Å². The van der Waals surface area contributed by atoms with Gasteiger partial charge in [-0.1, -0.05) is 11.8 Å². The highest BCUT2D eigenvalue weighted by molar-refractivity contribution is 7.99. The van der Waals surface area contributed by atoms with Gasteiger partial charge < -0.3 is 0 Å². The van der Waals surface area contributed by atoms with Crippen molar-refractivity contribution in [2.45, 2.75) is 9.79 Å². The Morgan fingerprint density at radius 2 is 1.48 bits per heavy atom. The van der Waals surface area contributed by atoms with Gasteiger partial charge in [-0.05, 0) is 36.4 Å². The lowest BCUT2D eigenvalue weighted by molar-refractivity contribution is 0.565. The van der Waals surface area contributed by atoms with E-state index in [0.29, 0.717) is 10.5 Å². The van der Waals surface area contributed by atoms with E-state index >= 15 is 0 Å². The predicted octanol–water partition coefficient (Wildman–Crippen LogP) is 5.53. The van der Waals surface area contributed by atoms with Crippen molar-refractivity contribution in [1.29, 1.82) is 0 Å². The van der Waals surface area contributed by atoms with E-state index in [1.54, 1.807) is 18.3 Å². The molecule has 0 fully saturated rings. The van der Waals surface area contributed by atoms with Crippen LogP contribution in [0.4, 0.5) is 17.6 Å². The van der Waals surface area contributed by atoms with Gasteiger partial charge in [-0.2, -0.15) is 0 Å². The van der Waals surface area contributed by atoms with Gasteiger partial charge in [0.15, 0.2) is 11.5 Å². The van der Waals surface area contributed by atoms with Crippen molar-refractivity contribution in [3.63, 3.8) is 0 Å². The number of hydrogen-bond donors (Lipinski definition) is 0. The van der Waals surface area contributed by atoms with E-state index in [9.17, 15) is 17.6 Å². The lowest BCUT2D eigenvalue weighted by Crippen LogP contribution is -1.94. The zero-order valence-electron chi connectivity index (χ0n) is 13.4. The third kappa shape index (κ3) is 3.77. The highest BCUT2D eigenvalue weighted by Gasteiger charge is 2.14. The van der Waals surface area contributed by atoms with Crippen LogP contribution < -0.4 is 0 Å². The molecule has 2 heterocycles. The van der Waals surface area contributed by atoms with E-state index in [4.69, 9.17) is 0 Å². The maximum absolute atomic E-state index is 14.1. The molecule has 4 aromatic rings. The summed E-state index contributed by atoms with van der Waals surface area (Å²) in [6.45, 7) is 0. The van der Waals surface area contributed by atoms with E-state index in [0.717, 1.165) is 30.0 Å². The summed E-state index contributed by atoms with van der Waals surface area (Å²) in [5.41, 5.74) is 0.543. The van der Waals surface area contributed by atoms with E-state index in [1.807, 2.05) is 0 Å². The van der Waals surface area contributed by atoms with Crippen LogP contribution in [-0.2, 0) is 0 Å². The van der Waals surface area contributed by atoms with Crippen LogP contribution in [0.15, 0.2) is 64.5 Å². The fraction of sp³-hybridized carbons (Fsp3) is 0. The molecule has 2 aromatic carbocycles. The molecule has 0 aliphatic carbocycles. The summed E-state index contributed by atoms with van der Waals surface area (Å²) in [7, 11) is 0. The first-order chi connectivity index (χ1) is 12.5. The molecule has 0 radical (unpaired) electrons. The van der Waals surface area contributed by atoms with Crippen molar-refractivity contribution < 1.29 is 17.6 Å². The van der Waals surface area contributed by atoms with Gasteiger partial charge in [0.05, 0.1) is 5.56 Å². The van der Waals surface area contributed by atoms with Crippen LogP contribution in [0.1, 0.15) is 0 Å². The SMILES string of the molecule is Cl.Fc1ccc(Sc2ccc3nnc(-c4ccc(F)cc4F)n3c2)c(F)c1. The van der Waals surface area contributed by atoms with Crippen molar-refractivity contribution in [3.8, 4) is 11.4 Å². The molecule has 0 aliphatic heterocycles. The number of aromatic nitrogens is 3. The molecular weight excluding hydrogens is 402 g/mol. The molecule has 0 saturated carbocycles. The zero-order valence-corrected chi connectivity index (χ0v) is 15.0. The average Bonchev–Trinajstić information content (AvgIpc) is 3.00. The molecule has 138 valence electrons. The van der Waals surface area contributed by atoms with Crippen LogP contribution in [0.2, 0.25) is 0 Å². The minimum atomic E-state index is -0.762. The number of pyridine rings is 1. The normalized spacial score (nSPS) is 10.8. The first-order valence-electron chi connectivity index (χ1n) is 7.44. The quantitative estimate of drug-likeness (QED) is 0.415. The summed E-state index contributed by atoms with van der Waals surface area (Å²) < 4.78 is 55.6. The monoisotopic (exact) mass is 411 g/mol. The maximum Gasteiger partial charge on any atom is 0.171 e. The Balaban J connectivity index is 0.00000210. The largest absolute Gasteiger partial charge is 0.281 e. The fourth-order valence-electron chi connectivity index (χ4n) is 2.47. The molecule has 3 nitrogen and oxygen atoms in total. The Kier molecular flexibility index (Phi) is 5.38. The molecular formula is C18H10ClF4N3S. The molecule has 0 aliphatic rings. The minimum Gasteiger partial charge on any atom is -0.281 e. The van der Waals surface area contributed by atoms with Gasteiger partial charge in [-0.15, -0.1) is 22.6 Å². The molecule has 0 atom stereocenters.